The van der Waals surface area contributed by atoms with Crippen LogP contribution in [-0.2, 0) is 6.18 Å². The van der Waals surface area contributed by atoms with Crippen molar-refractivity contribution in [3.63, 3.8) is 0 Å². The van der Waals surface area contributed by atoms with Crippen molar-refractivity contribution >= 4 is 49.8 Å². The zero-order valence-electron chi connectivity index (χ0n) is 21.2. The van der Waals surface area contributed by atoms with Crippen LogP contribution in [0.2, 0.25) is 0 Å². The number of nitrogens with zero attached hydrogens (tertiary/aromatic N) is 4. The molecule has 41 heavy (non-hydrogen) atoms. The van der Waals surface area contributed by atoms with Crippen LogP contribution < -0.4 is 15.5 Å². The minimum absolute atomic E-state index is 0.0612. The summed E-state index contributed by atoms with van der Waals surface area (Å²) < 4.78 is 46.8. The third-order valence-electron chi connectivity index (χ3n) is 7.09. The van der Waals surface area contributed by atoms with Crippen LogP contribution in [0.4, 0.5) is 24.7 Å². The van der Waals surface area contributed by atoms with Gasteiger partial charge in [0.1, 0.15) is 4.83 Å². The summed E-state index contributed by atoms with van der Waals surface area (Å²) in [5, 5.41) is 19.6. The Morgan fingerprint density at radius 2 is 1.78 bits per heavy atom. The van der Waals surface area contributed by atoms with Gasteiger partial charge in [0.05, 0.1) is 21.8 Å². The Hall–Kier alpha value is -4.77. The van der Waals surface area contributed by atoms with E-state index in [0.717, 1.165) is 52.6 Å². The summed E-state index contributed by atoms with van der Waals surface area (Å²) in [6.45, 7) is 0. The average molecular weight is 572 g/mol. The number of aliphatic imine (C=N–C) groups is 1. The second-order valence-electron chi connectivity index (χ2n) is 9.85. The molecule has 0 radical (unpaired) electrons. The summed E-state index contributed by atoms with van der Waals surface area (Å²) in [4.78, 5) is 9.56. The first-order valence-electron chi connectivity index (χ1n) is 12.8. The van der Waals surface area contributed by atoms with Gasteiger partial charge in [-0.25, -0.2) is 9.98 Å². The summed E-state index contributed by atoms with van der Waals surface area (Å²) in [7, 11) is 0. The number of alkyl halides is 3. The van der Waals surface area contributed by atoms with Crippen LogP contribution in [0.25, 0.3) is 43.4 Å². The van der Waals surface area contributed by atoms with Crippen LogP contribution in [0.15, 0.2) is 88.5 Å². The first kappa shape index (κ1) is 25.2. The molecule has 1 aliphatic carbocycles. The highest BCUT2D eigenvalue weighted by atomic mass is 32.1. The van der Waals surface area contributed by atoms with E-state index in [1.807, 2.05) is 42.5 Å². The van der Waals surface area contributed by atoms with E-state index in [-0.39, 0.29) is 22.5 Å². The number of thiophene rings is 1. The van der Waals surface area contributed by atoms with Gasteiger partial charge in [-0.15, -0.1) is 11.3 Å². The maximum Gasteiger partial charge on any atom is 0.416 e. The predicted octanol–water partition coefficient (Wildman–Crippen LogP) is 6.43. The smallest absolute Gasteiger partial charge is 0.416 e. The molecule has 1 aliphatic rings. The SMILES string of the molecule is Nc1c(/C([O-])=N/c2c[n+](C3CC3)no2)sc2nc(-c3cccc4ccccc34)cc(-c3ccc(C(F)(F)F)cc3)c12. The molecule has 11 heteroatoms. The van der Waals surface area contributed by atoms with E-state index >= 15 is 0 Å². The Kier molecular flexibility index (Phi) is 5.79. The zero-order chi connectivity index (χ0) is 28.3. The van der Waals surface area contributed by atoms with Gasteiger partial charge in [-0.3, -0.25) is 4.52 Å². The minimum Gasteiger partial charge on any atom is -0.857 e. The number of hydrogen-bond donors (Lipinski definition) is 1. The third kappa shape index (κ3) is 4.57. The van der Waals surface area contributed by atoms with Crippen molar-refractivity contribution in [2.75, 3.05) is 5.73 Å². The molecule has 0 unspecified atom stereocenters. The van der Waals surface area contributed by atoms with Gasteiger partial charge < -0.3 is 10.8 Å². The first-order chi connectivity index (χ1) is 19.8. The molecule has 0 atom stereocenters. The first-order valence-corrected chi connectivity index (χ1v) is 13.6. The Bertz CT molecular complexity index is 1970. The van der Waals surface area contributed by atoms with E-state index in [4.69, 9.17) is 15.2 Å². The standard InChI is InChI=1S/C30H20F3N5O2S/c31-30(32,33)18-10-8-17(9-11-18)22-14-23(21-7-3-5-16-4-1-2-6-20(16)21)35-29-25(22)26(34)27(41-29)28(39)36-24-15-38(37-40-24)19-12-13-19/h1-11,14-15,19H,12-13H2,(H2-,34,36,37,39). The number of nitrogens with two attached hydrogens (primary N) is 1. The van der Waals surface area contributed by atoms with Crippen molar-refractivity contribution in [3.05, 3.63) is 89.4 Å². The van der Waals surface area contributed by atoms with E-state index in [9.17, 15) is 18.3 Å². The lowest BCUT2D eigenvalue weighted by molar-refractivity contribution is -0.765. The number of rotatable bonds is 5. The number of halogens is 3. The fourth-order valence-corrected chi connectivity index (χ4v) is 5.90. The Morgan fingerprint density at radius 1 is 1.02 bits per heavy atom. The number of hydrogen-bond acceptors (Lipinski definition) is 7. The average Bonchev–Trinajstić information content (AvgIpc) is 3.63. The van der Waals surface area contributed by atoms with Crippen molar-refractivity contribution in [3.8, 4) is 22.4 Å². The molecule has 204 valence electrons. The number of benzene rings is 3. The van der Waals surface area contributed by atoms with Gasteiger partial charge in [0.15, 0.2) is 6.04 Å². The van der Waals surface area contributed by atoms with Crippen molar-refractivity contribution in [1.82, 2.24) is 10.3 Å². The zero-order valence-corrected chi connectivity index (χ0v) is 22.0. The number of fused-ring (bicyclic) bond motifs is 2. The van der Waals surface area contributed by atoms with Crippen LogP contribution in [0.5, 0.6) is 0 Å². The lowest BCUT2D eigenvalue weighted by Crippen LogP contribution is -2.32. The lowest BCUT2D eigenvalue weighted by atomic mass is 9.96. The minimum atomic E-state index is -4.47. The highest BCUT2D eigenvalue weighted by Gasteiger charge is 2.35. The molecule has 1 saturated carbocycles. The fraction of sp³-hybridized carbons (Fsp3) is 0.133. The summed E-state index contributed by atoms with van der Waals surface area (Å²) >= 11 is 1.08. The van der Waals surface area contributed by atoms with Gasteiger partial charge in [0.25, 0.3) is 6.20 Å². The second kappa shape index (κ2) is 9.41. The van der Waals surface area contributed by atoms with Crippen LogP contribution in [-0.4, -0.2) is 16.2 Å². The molecule has 2 N–H and O–H groups in total. The van der Waals surface area contributed by atoms with Crippen molar-refractivity contribution in [1.29, 1.82) is 0 Å². The van der Waals surface area contributed by atoms with Crippen molar-refractivity contribution in [2.24, 2.45) is 4.99 Å². The Labute approximate surface area is 235 Å². The lowest BCUT2D eigenvalue weighted by Gasteiger charge is -2.12. The summed E-state index contributed by atoms with van der Waals surface area (Å²) in [6.07, 6.45) is -0.915. The molecule has 3 aromatic heterocycles. The third-order valence-corrected chi connectivity index (χ3v) is 8.17. The molecule has 7 rings (SSSR count). The molecule has 1 fully saturated rings. The second-order valence-corrected chi connectivity index (χ2v) is 10.8. The molecule has 0 spiro atoms. The largest absolute Gasteiger partial charge is 0.857 e. The molecule has 7 nitrogen and oxygen atoms in total. The number of aromatic nitrogens is 3. The van der Waals surface area contributed by atoms with Crippen molar-refractivity contribution < 1.29 is 27.5 Å². The maximum absolute atomic E-state index is 13.3. The normalized spacial score (nSPS) is 14.3. The van der Waals surface area contributed by atoms with Crippen molar-refractivity contribution in [2.45, 2.75) is 25.1 Å². The Morgan fingerprint density at radius 3 is 2.54 bits per heavy atom. The van der Waals surface area contributed by atoms with E-state index in [2.05, 4.69) is 10.3 Å². The van der Waals surface area contributed by atoms with Gasteiger partial charge in [0, 0.05) is 29.7 Å². The monoisotopic (exact) mass is 571 g/mol. The molecule has 3 aromatic carbocycles. The molecular formula is C30H20F3N5O2S. The van der Waals surface area contributed by atoms with Crippen LogP contribution >= 0.6 is 11.3 Å². The summed E-state index contributed by atoms with van der Waals surface area (Å²) in [5.41, 5.74) is 8.43. The molecule has 0 aliphatic heterocycles. The van der Waals surface area contributed by atoms with Crippen LogP contribution in [0, 0.1) is 0 Å². The van der Waals surface area contributed by atoms with E-state index in [1.54, 1.807) is 16.9 Å². The van der Waals surface area contributed by atoms with Gasteiger partial charge in [0.2, 0.25) is 5.27 Å². The highest BCUT2D eigenvalue weighted by Crippen LogP contribution is 2.43. The van der Waals surface area contributed by atoms with Gasteiger partial charge in [-0.1, -0.05) is 54.6 Å². The molecule has 6 aromatic rings. The molecule has 3 heterocycles. The maximum atomic E-state index is 13.3. The van der Waals surface area contributed by atoms with Gasteiger partial charge in [-0.2, -0.15) is 13.2 Å². The van der Waals surface area contributed by atoms with E-state index in [1.165, 1.54) is 12.1 Å². The summed E-state index contributed by atoms with van der Waals surface area (Å²) in [6, 6.07) is 20.6. The van der Waals surface area contributed by atoms with Gasteiger partial charge in [-0.05, 0) is 44.8 Å². The van der Waals surface area contributed by atoms with Crippen LogP contribution in [0.3, 0.4) is 0 Å². The van der Waals surface area contributed by atoms with E-state index in [0.29, 0.717) is 27.0 Å². The molecule has 0 bridgehead atoms. The highest BCUT2D eigenvalue weighted by molar-refractivity contribution is 7.21. The number of nitrogen functional groups attached to an aromatic ring is 1. The molecule has 0 saturated heterocycles. The van der Waals surface area contributed by atoms with Gasteiger partial charge >= 0.3 is 12.1 Å². The van der Waals surface area contributed by atoms with Crippen LogP contribution in [0.1, 0.15) is 29.3 Å². The quantitative estimate of drug-likeness (QED) is 0.146. The Balaban J connectivity index is 1.42. The predicted molar refractivity (Wildman–Crippen MR) is 149 cm³/mol. The molecule has 0 amide bonds. The number of pyridine rings is 1. The number of anilines is 1. The van der Waals surface area contributed by atoms with E-state index < -0.39 is 17.6 Å². The molecular weight excluding hydrogens is 551 g/mol. The topological polar surface area (TPSA) is 104 Å². The fourth-order valence-electron chi connectivity index (χ4n) is 4.89. The summed E-state index contributed by atoms with van der Waals surface area (Å²) in [5.74, 6) is -0.555.